The smallest absolute Gasteiger partial charge is 0.289 e. The molecule has 2 aromatic rings. The van der Waals surface area contributed by atoms with E-state index in [-0.39, 0.29) is 43.0 Å². The number of nitrogens with one attached hydrogen (secondary N) is 1. The lowest BCUT2D eigenvalue weighted by Crippen LogP contribution is -2.51. The predicted octanol–water partition coefficient (Wildman–Crippen LogP) is 1.56. The highest BCUT2D eigenvalue weighted by Crippen LogP contribution is 2.13. The maximum atomic E-state index is 12.5. The fraction of sp³-hybridized carbons (Fsp3) is 0.333. The van der Waals surface area contributed by atoms with E-state index in [1.54, 1.807) is 41.3 Å². The second kappa shape index (κ2) is 8.89. The first-order valence-electron chi connectivity index (χ1n) is 8.71. The van der Waals surface area contributed by atoms with Crippen LogP contribution in [0.2, 0.25) is 0 Å². The van der Waals surface area contributed by atoms with Crippen molar-refractivity contribution >= 4 is 37.8 Å². The van der Waals surface area contributed by atoms with Gasteiger partial charge in [-0.3, -0.25) is 9.59 Å². The summed E-state index contributed by atoms with van der Waals surface area (Å²) in [5.74, 6) is -0.520. The molecule has 2 amide bonds. The van der Waals surface area contributed by atoms with Gasteiger partial charge < -0.3 is 14.6 Å². The summed E-state index contributed by atoms with van der Waals surface area (Å²) in [6, 6.07) is 10.0. The van der Waals surface area contributed by atoms with Gasteiger partial charge in [0.05, 0.1) is 12.0 Å². The van der Waals surface area contributed by atoms with Crippen LogP contribution >= 0.6 is 15.9 Å². The molecule has 1 aromatic carbocycles. The Balaban J connectivity index is 1.47. The van der Waals surface area contributed by atoms with Crippen molar-refractivity contribution in [2.45, 2.75) is 0 Å². The molecule has 2 heterocycles. The molecule has 1 saturated heterocycles. The van der Waals surface area contributed by atoms with E-state index >= 15 is 0 Å². The van der Waals surface area contributed by atoms with Crippen LogP contribution in [0.5, 0.6) is 0 Å². The average Bonchev–Trinajstić information content (AvgIpc) is 3.22. The van der Waals surface area contributed by atoms with Crippen LogP contribution in [-0.2, 0) is 10.0 Å². The van der Waals surface area contributed by atoms with Crippen LogP contribution in [0.25, 0.3) is 0 Å². The number of halogens is 1. The lowest BCUT2D eigenvalue weighted by Gasteiger charge is -2.33. The lowest BCUT2D eigenvalue weighted by molar-refractivity contribution is 0.0665. The van der Waals surface area contributed by atoms with Crippen LogP contribution in [0.15, 0.2) is 51.6 Å². The zero-order chi connectivity index (χ0) is 20.1. The number of furan rings is 1. The third kappa shape index (κ3) is 5.00. The van der Waals surface area contributed by atoms with Gasteiger partial charge in [-0.2, -0.15) is 4.31 Å². The molecule has 10 heteroatoms. The molecule has 0 atom stereocenters. The first kappa shape index (κ1) is 20.6. The highest BCUT2D eigenvalue weighted by Gasteiger charge is 2.29. The predicted molar refractivity (Wildman–Crippen MR) is 106 cm³/mol. The van der Waals surface area contributed by atoms with Gasteiger partial charge in [0.15, 0.2) is 5.76 Å². The van der Waals surface area contributed by atoms with Crippen molar-refractivity contribution in [2.24, 2.45) is 0 Å². The molecule has 150 valence electrons. The molecule has 0 radical (unpaired) electrons. The molecule has 1 N–H and O–H groups in total. The van der Waals surface area contributed by atoms with Crippen LogP contribution in [0.4, 0.5) is 0 Å². The molecule has 1 aliphatic rings. The van der Waals surface area contributed by atoms with Crippen molar-refractivity contribution in [3.63, 3.8) is 0 Å². The van der Waals surface area contributed by atoms with Gasteiger partial charge in [0.1, 0.15) is 0 Å². The molecule has 0 unspecified atom stereocenters. The van der Waals surface area contributed by atoms with Gasteiger partial charge in [-0.05, 0) is 36.4 Å². The van der Waals surface area contributed by atoms with Crippen molar-refractivity contribution in [3.05, 3.63) is 58.5 Å². The Labute approximate surface area is 171 Å². The van der Waals surface area contributed by atoms with Crippen LogP contribution in [-0.4, -0.2) is 67.9 Å². The van der Waals surface area contributed by atoms with Crippen molar-refractivity contribution in [3.8, 4) is 0 Å². The van der Waals surface area contributed by atoms with E-state index in [9.17, 15) is 18.0 Å². The molecule has 0 bridgehead atoms. The molecule has 0 saturated carbocycles. The number of carbonyl (C=O) groups excluding carboxylic acids is 2. The second-order valence-corrected chi connectivity index (χ2v) is 9.25. The highest BCUT2D eigenvalue weighted by molar-refractivity contribution is 9.10. The molecule has 0 spiro atoms. The van der Waals surface area contributed by atoms with E-state index < -0.39 is 10.0 Å². The average molecular weight is 470 g/mol. The third-order valence-electron chi connectivity index (χ3n) is 4.40. The summed E-state index contributed by atoms with van der Waals surface area (Å²) in [5.41, 5.74) is 0.464. The molecule has 0 aliphatic carbocycles. The Hall–Kier alpha value is -2.17. The third-order valence-corrected chi connectivity index (χ3v) is 6.80. The van der Waals surface area contributed by atoms with E-state index in [1.807, 2.05) is 0 Å². The molecule has 8 nitrogen and oxygen atoms in total. The Kier molecular flexibility index (Phi) is 6.53. The molecule has 3 rings (SSSR count). The summed E-state index contributed by atoms with van der Waals surface area (Å²) in [4.78, 5) is 25.9. The molecular formula is C18H20BrN3O5S. The second-order valence-electron chi connectivity index (χ2n) is 6.25. The largest absolute Gasteiger partial charge is 0.459 e. The van der Waals surface area contributed by atoms with E-state index in [1.165, 1.54) is 10.6 Å². The lowest BCUT2D eigenvalue weighted by atomic mass is 10.2. The van der Waals surface area contributed by atoms with Gasteiger partial charge in [-0.1, -0.05) is 15.9 Å². The molecule has 28 heavy (non-hydrogen) atoms. The van der Waals surface area contributed by atoms with Gasteiger partial charge in [0, 0.05) is 42.8 Å². The normalized spacial score (nSPS) is 15.4. The number of carbonyl (C=O) groups is 2. The van der Waals surface area contributed by atoms with E-state index in [0.717, 1.165) is 4.47 Å². The van der Waals surface area contributed by atoms with Gasteiger partial charge >= 0.3 is 0 Å². The van der Waals surface area contributed by atoms with Crippen LogP contribution in [0.3, 0.4) is 0 Å². The van der Waals surface area contributed by atoms with E-state index in [0.29, 0.717) is 18.7 Å². The molecule has 1 fully saturated rings. The molecule has 1 aromatic heterocycles. The molecular weight excluding hydrogens is 450 g/mol. The summed E-state index contributed by atoms with van der Waals surface area (Å²) in [6.45, 7) is 1.04. The first-order valence-corrected chi connectivity index (χ1v) is 11.1. The number of nitrogens with zero attached hydrogens (tertiary/aromatic N) is 2. The SMILES string of the molecule is O=C(NCCS(=O)(=O)N1CCN(C(=O)c2ccco2)CC1)c1ccc(Br)cc1. The van der Waals surface area contributed by atoms with Crippen LogP contribution < -0.4 is 5.32 Å². The number of sulfonamides is 1. The Bertz CT molecular complexity index is 921. The number of amides is 2. The van der Waals surface area contributed by atoms with Gasteiger partial charge in [0.2, 0.25) is 10.0 Å². The minimum Gasteiger partial charge on any atom is -0.459 e. The van der Waals surface area contributed by atoms with Crippen LogP contribution in [0.1, 0.15) is 20.9 Å². The zero-order valence-corrected chi connectivity index (χ0v) is 17.4. The standard InChI is InChI=1S/C18H20BrN3O5S/c19-15-5-3-14(4-6-15)17(23)20-7-13-28(25,26)22-10-8-21(9-11-22)18(24)16-2-1-12-27-16/h1-6,12H,7-11,13H2,(H,20,23). The Morgan fingerprint density at radius 1 is 1.07 bits per heavy atom. The summed E-state index contributed by atoms with van der Waals surface area (Å²) in [6.07, 6.45) is 1.43. The van der Waals surface area contributed by atoms with Gasteiger partial charge in [-0.15, -0.1) is 0 Å². The van der Waals surface area contributed by atoms with Gasteiger partial charge in [0.25, 0.3) is 11.8 Å². The number of rotatable bonds is 6. The fourth-order valence-corrected chi connectivity index (χ4v) is 4.45. The van der Waals surface area contributed by atoms with Crippen molar-refractivity contribution < 1.29 is 22.4 Å². The van der Waals surface area contributed by atoms with Crippen molar-refractivity contribution in [1.82, 2.24) is 14.5 Å². The Morgan fingerprint density at radius 3 is 2.36 bits per heavy atom. The topological polar surface area (TPSA) is 99.9 Å². The maximum Gasteiger partial charge on any atom is 0.289 e. The summed E-state index contributed by atoms with van der Waals surface area (Å²) in [5, 5.41) is 2.62. The van der Waals surface area contributed by atoms with E-state index in [2.05, 4.69) is 21.2 Å². The van der Waals surface area contributed by atoms with Crippen molar-refractivity contribution in [2.75, 3.05) is 38.5 Å². The summed E-state index contributed by atoms with van der Waals surface area (Å²) < 4.78 is 32.3. The minimum atomic E-state index is -3.52. The maximum absolute atomic E-state index is 12.5. The fourth-order valence-electron chi connectivity index (χ4n) is 2.85. The number of hydrogen-bond acceptors (Lipinski definition) is 5. The summed E-state index contributed by atoms with van der Waals surface area (Å²) >= 11 is 3.30. The Morgan fingerprint density at radius 2 is 1.75 bits per heavy atom. The first-order chi connectivity index (χ1) is 13.4. The minimum absolute atomic E-state index is 0.0166. The van der Waals surface area contributed by atoms with Gasteiger partial charge in [-0.25, -0.2) is 8.42 Å². The number of piperazine rings is 1. The number of benzene rings is 1. The zero-order valence-electron chi connectivity index (χ0n) is 15.0. The number of hydrogen-bond donors (Lipinski definition) is 1. The van der Waals surface area contributed by atoms with E-state index in [4.69, 9.17) is 4.42 Å². The monoisotopic (exact) mass is 469 g/mol. The van der Waals surface area contributed by atoms with Crippen LogP contribution in [0, 0.1) is 0 Å². The highest BCUT2D eigenvalue weighted by atomic mass is 79.9. The summed E-state index contributed by atoms with van der Waals surface area (Å²) in [7, 11) is -3.52. The quantitative estimate of drug-likeness (QED) is 0.691. The van der Waals surface area contributed by atoms with Crippen molar-refractivity contribution in [1.29, 1.82) is 0 Å². The molecule has 1 aliphatic heterocycles.